The molecule has 4 nitrogen and oxygen atoms in total. The molecule has 0 saturated carbocycles. The number of aryl methyl sites for hydroxylation is 2. The number of likely N-dealkylation sites (tertiary alicyclic amines) is 1. The van der Waals surface area contributed by atoms with Gasteiger partial charge in [-0.05, 0) is 46.1 Å². The highest BCUT2D eigenvalue weighted by molar-refractivity contribution is 5.28. The molecule has 0 radical (unpaired) electrons. The Kier molecular flexibility index (Phi) is 5.46. The largest absolute Gasteiger partial charge is 0.355 e. The van der Waals surface area contributed by atoms with Crippen LogP contribution in [-0.2, 0) is 6.54 Å². The zero-order valence-corrected chi connectivity index (χ0v) is 13.5. The fourth-order valence-electron chi connectivity index (χ4n) is 2.92. The Labute approximate surface area is 123 Å². The number of rotatable bonds is 7. The van der Waals surface area contributed by atoms with Crippen molar-refractivity contribution in [3.05, 3.63) is 11.9 Å². The third kappa shape index (κ3) is 3.98. The van der Waals surface area contributed by atoms with Gasteiger partial charge in [-0.2, -0.15) is 0 Å². The van der Waals surface area contributed by atoms with E-state index < -0.39 is 0 Å². The molecule has 20 heavy (non-hydrogen) atoms. The summed E-state index contributed by atoms with van der Waals surface area (Å²) in [6, 6.07) is 0.675. The molecule has 2 heterocycles. The summed E-state index contributed by atoms with van der Waals surface area (Å²) in [5, 5.41) is 3.57. The number of anilines is 1. The molecule has 114 valence electrons. The first-order valence-corrected chi connectivity index (χ1v) is 8.11. The van der Waals surface area contributed by atoms with E-state index in [4.69, 9.17) is 0 Å². The van der Waals surface area contributed by atoms with Gasteiger partial charge < -0.3 is 14.8 Å². The van der Waals surface area contributed by atoms with Crippen LogP contribution in [0.4, 0.5) is 5.95 Å². The normalized spacial score (nSPS) is 19.9. The zero-order valence-electron chi connectivity index (χ0n) is 13.5. The van der Waals surface area contributed by atoms with Gasteiger partial charge in [-0.15, -0.1) is 0 Å². The van der Waals surface area contributed by atoms with Crippen molar-refractivity contribution < 1.29 is 0 Å². The van der Waals surface area contributed by atoms with Crippen LogP contribution in [0.25, 0.3) is 0 Å². The van der Waals surface area contributed by atoms with Crippen LogP contribution in [-0.4, -0.2) is 40.1 Å². The molecule has 1 fully saturated rings. The number of aromatic nitrogens is 2. The Morgan fingerprint density at radius 3 is 2.90 bits per heavy atom. The molecule has 0 aromatic carbocycles. The molecular weight excluding hydrogens is 248 g/mol. The molecule has 0 amide bonds. The van der Waals surface area contributed by atoms with E-state index in [1.54, 1.807) is 0 Å². The number of unbranched alkanes of at least 4 members (excludes halogenated alkanes) is 1. The Bertz CT molecular complexity index is 411. The number of hydrogen-bond acceptors (Lipinski definition) is 3. The number of nitrogens with one attached hydrogen (secondary N) is 1. The van der Waals surface area contributed by atoms with Gasteiger partial charge in [-0.1, -0.05) is 13.3 Å². The Morgan fingerprint density at radius 2 is 2.25 bits per heavy atom. The SMILES string of the molecule is CCCCn1cc(C)nc1NCC1CCN(C(C)C)C1. The lowest BCUT2D eigenvalue weighted by Crippen LogP contribution is -2.29. The van der Waals surface area contributed by atoms with E-state index in [2.05, 4.69) is 53.7 Å². The Hall–Kier alpha value is -1.03. The van der Waals surface area contributed by atoms with Crippen LogP contribution >= 0.6 is 0 Å². The number of imidazole rings is 1. The van der Waals surface area contributed by atoms with E-state index in [1.165, 1.54) is 32.4 Å². The Morgan fingerprint density at radius 1 is 1.45 bits per heavy atom. The standard InChI is InChI=1S/C16H30N4/c1-5-6-8-20-11-14(4)18-16(20)17-10-15-7-9-19(12-15)13(2)3/h11,13,15H,5-10,12H2,1-4H3,(H,17,18). The second-order valence-electron chi connectivity index (χ2n) is 6.38. The van der Waals surface area contributed by atoms with Crippen molar-refractivity contribution in [2.75, 3.05) is 25.0 Å². The second-order valence-corrected chi connectivity index (χ2v) is 6.38. The van der Waals surface area contributed by atoms with Gasteiger partial charge in [0.25, 0.3) is 0 Å². The topological polar surface area (TPSA) is 33.1 Å². The average molecular weight is 278 g/mol. The quantitative estimate of drug-likeness (QED) is 0.832. The molecule has 1 N–H and O–H groups in total. The third-order valence-corrected chi connectivity index (χ3v) is 4.25. The summed E-state index contributed by atoms with van der Waals surface area (Å²) in [5.74, 6) is 1.81. The van der Waals surface area contributed by atoms with Gasteiger partial charge in [-0.25, -0.2) is 4.98 Å². The first-order valence-electron chi connectivity index (χ1n) is 8.11. The monoisotopic (exact) mass is 278 g/mol. The lowest BCUT2D eigenvalue weighted by molar-refractivity contribution is 0.266. The molecule has 1 aliphatic rings. The minimum atomic E-state index is 0.675. The van der Waals surface area contributed by atoms with Gasteiger partial charge in [0.15, 0.2) is 0 Å². The van der Waals surface area contributed by atoms with Crippen molar-refractivity contribution in [1.82, 2.24) is 14.5 Å². The molecule has 0 aliphatic carbocycles. The van der Waals surface area contributed by atoms with E-state index in [0.717, 1.165) is 30.6 Å². The molecule has 1 atom stereocenters. The molecule has 1 aromatic heterocycles. The average Bonchev–Trinajstić information content (AvgIpc) is 3.00. The minimum Gasteiger partial charge on any atom is -0.355 e. The maximum atomic E-state index is 4.62. The summed E-state index contributed by atoms with van der Waals surface area (Å²) < 4.78 is 2.27. The molecule has 2 rings (SSSR count). The van der Waals surface area contributed by atoms with Crippen molar-refractivity contribution in [3.8, 4) is 0 Å². The van der Waals surface area contributed by atoms with E-state index in [0.29, 0.717) is 6.04 Å². The van der Waals surface area contributed by atoms with Crippen LogP contribution in [0.1, 0.15) is 45.7 Å². The fourth-order valence-corrected chi connectivity index (χ4v) is 2.92. The summed E-state index contributed by atoms with van der Waals surface area (Å²) in [4.78, 5) is 7.19. The molecule has 0 spiro atoms. The maximum absolute atomic E-state index is 4.62. The van der Waals surface area contributed by atoms with Crippen molar-refractivity contribution in [2.24, 2.45) is 5.92 Å². The number of nitrogens with zero attached hydrogens (tertiary/aromatic N) is 3. The van der Waals surface area contributed by atoms with E-state index in [1.807, 2.05) is 0 Å². The van der Waals surface area contributed by atoms with Crippen LogP contribution < -0.4 is 5.32 Å². The summed E-state index contributed by atoms with van der Waals surface area (Å²) >= 11 is 0. The van der Waals surface area contributed by atoms with Crippen molar-refractivity contribution in [2.45, 2.75) is 59.5 Å². The first kappa shape index (κ1) is 15.4. The zero-order chi connectivity index (χ0) is 14.5. The Balaban J connectivity index is 1.85. The van der Waals surface area contributed by atoms with Crippen molar-refractivity contribution in [3.63, 3.8) is 0 Å². The van der Waals surface area contributed by atoms with Crippen molar-refractivity contribution >= 4 is 5.95 Å². The van der Waals surface area contributed by atoms with Gasteiger partial charge in [0, 0.05) is 31.9 Å². The second kappa shape index (κ2) is 7.11. The smallest absolute Gasteiger partial charge is 0.203 e. The van der Waals surface area contributed by atoms with Crippen LogP contribution in [0.2, 0.25) is 0 Å². The number of hydrogen-bond donors (Lipinski definition) is 1. The van der Waals surface area contributed by atoms with Crippen LogP contribution in [0.5, 0.6) is 0 Å². The first-order chi connectivity index (χ1) is 9.60. The highest BCUT2D eigenvalue weighted by Crippen LogP contribution is 2.19. The molecule has 1 saturated heterocycles. The van der Waals surface area contributed by atoms with E-state index >= 15 is 0 Å². The molecule has 0 bridgehead atoms. The van der Waals surface area contributed by atoms with Gasteiger partial charge in [-0.3, -0.25) is 0 Å². The van der Waals surface area contributed by atoms with Crippen LogP contribution in [0, 0.1) is 12.8 Å². The molecular formula is C16H30N4. The van der Waals surface area contributed by atoms with E-state index in [-0.39, 0.29) is 0 Å². The maximum Gasteiger partial charge on any atom is 0.203 e. The molecule has 4 heteroatoms. The van der Waals surface area contributed by atoms with Gasteiger partial charge in [0.1, 0.15) is 0 Å². The van der Waals surface area contributed by atoms with Gasteiger partial charge in [0.05, 0.1) is 5.69 Å². The highest BCUT2D eigenvalue weighted by atomic mass is 15.2. The summed E-state index contributed by atoms with van der Waals surface area (Å²) in [7, 11) is 0. The fraction of sp³-hybridized carbons (Fsp3) is 0.812. The lowest BCUT2D eigenvalue weighted by Gasteiger charge is -2.20. The predicted molar refractivity (Wildman–Crippen MR) is 85.2 cm³/mol. The van der Waals surface area contributed by atoms with Gasteiger partial charge in [0.2, 0.25) is 5.95 Å². The predicted octanol–water partition coefficient (Wildman–Crippen LogP) is 3.13. The summed E-state index contributed by atoms with van der Waals surface area (Å²) in [6.45, 7) is 13.5. The third-order valence-electron chi connectivity index (χ3n) is 4.25. The van der Waals surface area contributed by atoms with Crippen LogP contribution in [0.15, 0.2) is 6.20 Å². The summed E-state index contributed by atoms with van der Waals surface area (Å²) in [5.41, 5.74) is 1.11. The molecule has 1 aliphatic heterocycles. The summed E-state index contributed by atoms with van der Waals surface area (Å²) in [6.07, 6.45) is 5.91. The lowest BCUT2D eigenvalue weighted by atomic mass is 10.1. The van der Waals surface area contributed by atoms with Gasteiger partial charge >= 0.3 is 0 Å². The molecule has 1 aromatic rings. The minimum absolute atomic E-state index is 0.675. The van der Waals surface area contributed by atoms with E-state index in [9.17, 15) is 0 Å². The van der Waals surface area contributed by atoms with Crippen molar-refractivity contribution in [1.29, 1.82) is 0 Å². The molecule has 1 unspecified atom stereocenters. The van der Waals surface area contributed by atoms with Crippen LogP contribution in [0.3, 0.4) is 0 Å². The highest BCUT2D eigenvalue weighted by Gasteiger charge is 2.24.